The van der Waals surface area contributed by atoms with Gasteiger partial charge in [0.1, 0.15) is 16.4 Å². The fourth-order valence-corrected chi connectivity index (χ4v) is 4.55. The molecule has 2 aliphatic rings. The third-order valence-electron chi connectivity index (χ3n) is 5.30. The van der Waals surface area contributed by atoms with Gasteiger partial charge in [0.15, 0.2) is 11.5 Å². The van der Waals surface area contributed by atoms with Crippen molar-refractivity contribution in [3.05, 3.63) is 64.9 Å². The molecule has 0 aliphatic carbocycles. The van der Waals surface area contributed by atoms with Gasteiger partial charge in [-0.2, -0.15) is 0 Å². The van der Waals surface area contributed by atoms with E-state index in [2.05, 4.69) is 10.3 Å². The number of nitrogens with one attached hydrogen (secondary N) is 1. The molecule has 0 radical (unpaired) electrons. The predicted octanol–water partition coefficient (Wildman–Crippen LogP) is 3.73. The van der Waals surface area contributed by atoms with Gasteiger partial charge in [0.05, 0.1) is 12.2 Å². The first-order valence-corrected chi connectivity index (χ1v) is 10.5. The highest BCUT2D eigenvalue weighted by Crippen LogP contribution is 2.34. The molecule has 3 aromatic rings. The largest absolute Gasteiger partial charge is 0.454 e. The number of hydrogen-bond donors (Lipinski definition) is 1. The molecule has 5 rings (SSSR count). The fourth-order valence-electron chi connectivity index (χ4n) is 3.74. The number of benzene rings is 2. The molecule has 3 heterocycles. The summed E-state index contributed by atoms with van der Waals surface area (Å²) < 4.78 is 23.9. The van der Waals surface area contributed by atoms with Crippen LogP contribution in [-0.2, 0) is 17.8 Å². The Morgan fingerprint density at radius 3 is 2.74 bits per heavy atom. The topological polar surface area (TPSA) is 80.8 Å². The molecule has 3 amide bonds. The molecular formula is C22H18FN3O4S. The minimum atomic E-state index is -1.07. The van der Waals surface area contributed by atoms with Crippen LogP contribution in [0.15, 0.2) is 47.8 Å². The van der Waals surface area contributed by atoms with Crippen LogP contribution in [0.5, 0.6) is 11.5 Å². The molecule has 2 aliphatic heterocycles. The van der Waals surface area contributed by atoms with E-state index in [1.54, 1.807) is 30.5 Å². The Morgan fingerprint density at radius 1 is 1.16 bits per heavy atom. The average molecular weight is 439 g/mol. The lowest BCUT2D eigenvalue weighted by Crippen LogP contribution is -2.45. The van der Waals surface area contributed by atoms with E-state index in [0.717, 1.165) is 11.1 Å². The summed E-state index contributed by atoms with van der Waals surface area (Å²) in [6, 6.07) is 11.1. The van der Waals surface area contributed by atoms with Gasteiger partial charge in [-0.1, -0.05) is 6.07 Å². The number of carbonyl (C=O) groups is 2. The average Bonchev–Trinajstić information content (AvgIpc) is 3.44. The number of carbonyl (C=O) groups excluding carboxylic acids is 2. The Hall–Kier alpha value is -3.46. The number of nitrogens with zero attached hydrogens (tertiary/aromatic N) is 2. The first-order chi connectivity index (χ1) is 14.9. The molecule has 7 nitrogen and oxygen atoms in total. The fraction of sp³-hybridized carbons (Fsp3) is 0.227. The molecule has 0 bridgehead atoms. The van der Waals surface area contributed by atoms with Gasteiger partial charge in [-0.25, -0.2) is 14.2 Å². The van der Waals surface area contributed by atoms with Gasteiger partial charge in [-0.15, -0.1) is 11.3 Å². The molecule has 0 saturated carbocycles. The Morgan fingerprint density at radius 2 is 1.94 bits per heavy atom. The molecule has 158 valence electrons. The Labute approximate surface area is 181 Å². The molecule has 1 aromatic heterocycles. The number of amides is 3. The van der Waals surface area contributed by atoms with Gasteiger partial charge in [0, 0.05) is 17.4 Å². The van der Waals surface area contributed by atoms with Gasteiger partial charge in [0.2, 0.25) is 6.79 Å². The van der Waals surface area contributed by atoms with Crippen molar-refractivity contribution in [1.82, 2.24) is 15.2 Å². The lowest BCUT2D eigenvalue weighted by atomic mass is 9.92. The molecule has 31 heavy (non-hydrogen) atoms. The smallest absolute Gasteiger partial charge is 0.325 e. The number of ether oxygens (including phenoxy) is 2. The van der Waals surface area contributed by atoms with E-state index in [1.807, 2.05) is 12.1 Å². The lowest BCUT2D eigenvalue weighted by Gasteiger charge is -2.21. The number of halogens is 1. The summed E-state index contributed by atoms with van der Waals surface area (Å²) in [5.74, 6) is 0.663. The highest BCUT2D eigenvalue weighted by Gasteiger charge is 2.47. The molecule has 9 heteroatoms. The second-order valence-electron chi connectivity index (χ2n) is 7.67. The number of urea groups is 1. The third kappa shape index (κ3) is 3.61. The van der Waals surface area contributed by atoms with Crippen LogP contribution >= 0.6 is 11.3 Å². The maximum absolute atomic E-state index is 13.1. The minimum absolute atomic E-state index is 0.0685. The molecule has 2 aromatic carbocycles. The maximum atomic E-state index is 13.1. The highest BCUT2D eigenvalue weighted by molar-refractivity contribution is 7.13. The molecule has 1 unspecified atom stereocenters. The number of thiazole rings is 1. The summed E-state index contributed by atoms with van der Waals surface area (Å²) in [5.41, 5.74) is 1.16. The number of hydrogen-bond acceptors (Lipinski definition) is 6. The summed E-state index contributed by atoms with van der Waals surface area (Å²) in [5, 5.41) is 5.31. The van der Waals surface area contributed by atoms with Gasteiger partial charge < -0.3 is 14.8 Å². The highest BCUT2D eigenvalue weighted by atomic mass is 32.1. The van der Waals surface area contributed by atoms with Crippen molar-refractivity contribution in [3.63, 3.8) is 0 Å². The van der Waals surface area contributed by atoms with Crippen molar-refractivity contribution in [2.24, 2.45) is 0 Å². The molecule has 1 saturated heterocycles. The van der Waals surface area contributed by atoms with Crippen LogP contribution < -0.4 is 14.8 Å². The van der Waals surface area contributed by atoms with Gasteiger partial charge in [0.25, 0.3) is 5.91 Å². The SMILES string of the molecule is CC1(Cc2ccc3c(c2)OCO3)NC(=O)N(Cc2csc(-c3ccc(F)cc3)n2)C1=O. The maximum Gasteiger partial charge on any atom is 0.325 e. The van der Waals surface area contributed by atoms with Gasteiger partial charge >= 0.3 is 6.03 Å². The van der Waals surface area contributed by atoms with E-state index in [4.69, 9.17) is 9.47 Å². The zero-order chi connectivity index (χ0) is 21.6. The number of aromatic nitrogens is 1. The van der Waals surface area contributed by atoms with Crippen molar-refractivity contribution in [2.75, 3.05) is 6.79 Å². The zero-order valence-electron chi connectivity index (χ0n) is 16.6. The zero-order valence-corrected chi connectivity index (χ0v) is 17.4. The monoisotopic (exact) mass is 439 g/mol. The molecule has 1 fully saturated rings. The van der Waals surface area contributed by atoms with Crippen molar-refractivity contribution in [1.29, 1.82) is 0 Å². The van der Waals surface area contributed by atoms with E-state index in [9.17, 15) is 14.0 Å². The van der Waals surface area contributed by atoms with Gasteiger partial charge in [-0.3, -0.25) is 9.69 Å². The van der Waals surface area contributed by atoms with E-state index < -0.39 is 11.6 Å². The molecule has 0 spiro atoms. The summed E-state index contributed by atoms with van der Waals surface area (Å²) in [4.78, 5) is 31.4. The van der Waals surface area contributed by atoms with E-state index in [-0.39, 0.29) is 25.1 Å². The van der Waals surface area contributed by atoms with Crippen LogP contribution in [0.4, 0.5) is 9.18 Å². The summed E-state index contributed by atoms with van der Waals surface area (Å²) in [6.45, 7) is 1.95. The van der Waals surface area contributed by atoms with Crippen molar-refractivity contribution < 1.29 is 23.5 Å². The Kier molecular flexibility index (Phi) is 4.62. The van der Waals surface area contributed by atoms with Gasteiger partial charge in [-0.05, 0) is 48.9 Å². The van der Waals surface area contributed by atoms with Crippen LogP contribution in [0.3, 0.4) is 0 Å². The summed E-state index contributed by atoms with van der Waals surface area (Å²) in [6.07, 6.45) is 0.322. The molecular weight excluding hydrogens is 421 g/mol. The van der Waals surface area contributed by atoms with E-state index in [1.165, 1.54) is 28.4 Å². The molecule has 1 atom stereocenters. The Balaban J connectivity index is 1.31. The second kappa shape index (κ2) is 7.35. The Bertz CT molecular complexity index is 1180. The van der Waals surface area contributed by atoms with Crippen LogP contribution in [0.2, 0.25) is 0 Å². The minimum Gasteiger partial charge on any atom is -0.454 e. The normalized spacial score (nSPS) is 19.7. The first-order valence-electron chi connectivity index (χ1n) is 9.64. The number of fused-ring (bicyclic) bond motifs is 1. The quantitative estimate of drug-likeness (QED) is 0.613. The van der Waals surface area contributed by atoms with Crippen molar-refractivity contribution in [3.8, 4) is 22.1 Å². The second-order valence-corrected chi connectivity index (χ2v) is 8.53. The van der Waals surface area contributed by atoms with Crippen LogP contribution in [0.1, 0.15) is 18.2 Å². The summed E-state index contributed by atoms with van der Waals surface area (Å²) >= 11 is 1.38. The lowest BCUT2D eigenvalue weighted by molar-refractivity contribution is -0.131. The van der Waals surface area contributed by atoms with Crippen LogP contribution in [0.25, 0.3) is 10.6 Å². The van der Waals surface area contributed by atoms with Crippen LogP contribution in [0, 0.1) is 5.82 Å². The van der Waals surface area contributed by atoms with E-state index >= 15 is 0 Å². The predicted molar refractivity (Wildman–Crippen MR) is 111 cm³/mol. The standard InChI is InChI=1S/C22H18FN3O4S/c1-22(9-13-2-7-17-18(8-13)30-12-29-17)20(27)26(21(28)25-22)10-16-11-31-19(24-16)14-3-5-15(23)6-4-14/h2-8,11H,9-10,12H2,1H3,(H,25,28). The van der Waals surface area contributed by atoms with Crippen molar-refractivity contribution >= 4 is 23.3 Å². The van der Waals surface area contributed by atoms with Crippen molar-refractivity contribution in [2.45, 2.75) is 25.4 Å². The number of imide groups is 1. The molecule has 1 N–H and O–H groups in total. The third-order valence-corrected chi connectivity index (χ3v) is 6.24. The number of rotatable bonds is 5. The summed E-state index contributed by atoms with van der Waals surface area (Å²) in [7, 11) is 0. The van der Waals surface area contributed by atoms with E-state index in [0.29, 0.717) is 28.6 Å². The van der Waals surface area contributed by atoms with Crippen LogP contribution in [-0.4, -0.2) is 34.2 Å². The first kappa shape index (κ1) is 19.5.